The number of ether oxygens (including phenoxy) is 1. The zero-order valence-electron chi connectivity index (χ0n) is 16.0. The predicted molar refractivity (Wildman–Crippen MR) is 107 cm³/mol. The molecule has 3 rings (SSSR count). The lowest BCUT2D eigenvalue weighted by Gasteiger charge is -2.13. The monoisotopic (exact) mass is 389 g/mol. The zero-order valence-corrected chi connectivity index (χ0v) is 16.0. The third-order valence-electron chi connectivity index (χ3n) is 4.56. The number of rotatable bonds is 5. The maximum atomic E-state index is 12.4. The number of anilines is 1. The summed E-state index contributed by atoms with van der Waals surface area (Å²) in [6, 6.07) is 17.3. The van der Waals surface area contributed by atoms with Gasteiger partial charge in [0.25, 0.3) is 5.91 Å². The minimum Gasteiger partial charge on any atom is -0.507 e. The number of hydrogen-bond donors (Lipinski definition) is 2. The largest absolute Gasteiger partial charge is 0.507 e. The standard InChI is InChI=1S/C22H19N3O4/c1-14-15(2)25(16-8-4-3-5-9-16)21(18(14)12-23)24-20(27)13-29-22(28)17-10-6-7-11-19(17)26/h3-11,26H,13H2,1-2H3,(H,24,27). The zero-order chi connectivity index (χ0) is 21.0. The molecule has 3 aromatic rings. The lowest BCUT2D eigenvalue weighted by atomic mass is 10.2. The number of amides is 1. The van der Waals surface area contributed by atoms with Crippen molar-refractivity contribution in [2.45, 2.75) is 13.8 Å². The quantitative estimate of drug-likeness (QED) is 0.650. The number of benzene rings is 2. The molecule has 0 atom stereocenters. The molecule has 0 aliphatic heterocycles. The summed E-state index contributed by atoms with van der Waals surface area (Å²) in [5, 5.41) is 21.9. The Morgan fingerprint density at radius 1 is 1.10 bits per heavy atom. The van der Waals surface area contributed by atoms with Gasteiger partial charge in [0.15, 0.2) is 6.61 Å². The third-order valence-corrected chi connectivity index (χ3v) is 4.56. The number of carbonyl (C=O) groups is 2. The van der Waals surface area contributed by atoms with Crippen LogP contribution < -0.4 is 5.32 Å². The lowest BCUT2D eigenvalue weighted by Crippen LogP contribution is -2.23. The van der Waals surface area contributed by atoms with Crippen molar-refractivity contribution in [3.8, 4) is 17.5 Å². The van der Waals surface area contributed by atoms with Gasteiger partial charge >= 0.3 is 5.97 Å². The van der Waals surface area contributed by atoms with E-state index in [0.717, 1.165) is 16.9 Å². The van der Waals surface area contributed by atoms with Crippen LogP contribution in [0.1, 0.15) is 27.2 Å². The topological polar surface area (TPSA) is 104 Å². The first-order valence-corrected chi connectivity index (χ1v) is 8.86. The molecule has 7 nitrogen and oxygen atoms in total. The van der Waals surface area contributed by atoms with Crippen LogP contribution >= 0.6 is 0 Å². The van der Waals surface area contributed by atoms with Crippen molar-refractivity contribution in [2.24, 2.45) is 0 Å². The SMILES string of the molecule is Cc1c(C#N)c(NC(=O)COC(=O)c2ccccc2O)n(-c2ccccc2)c1C. The Morgan fingerprint density at radius 3 is 2.41 bits per heavy atom. The molecule has 1 aromatic heterocycles. The molecule has 2 N–H and O–H groups in total. The number of hydrogen-bond acceptors (Lipinski definition) is 5. The summed E-state index contributed by atoms with van der Waals surface area (Å²) in [6.07, 6.45) is 0. The van der Waals surface area contributed by atoms with Crippen LogP contribution in [0.25, 0.3) is 5.69 Å². The second kappa shape index (κ2) is 8.31. The summed E-state index contributed by atoms with van der Waals surface area (Å²) in [7, 11) is 0. The van der Waals surface area contributed by atoms with E-state index in [1.54, 1.807) is 23.6 Å². The van der Waals surface area contributed by atoms with Crippen molar-refractivity contribution in [3.63, 3.8) is 0 Å². The Labute approximate surface area is 167 Å². The van der Waals surface area contributed by atoms with Crippen LogP contribution in [0.3, 0.4) is 0 Å². The molecule has 0 saturated carbocycles. The Balaban J connectivity index is 1.82. The van der Waals surface area contributed by atoms with Gasteiger partial charge in [0, 0.05) is 11.4 Å². The summed E-state index contributed by atoms with van der Waals surface area (Å²) in [4.78, 5) is 24.5. The summed E-state index contributed by atoms with van der Waals surface area (Å²) in [6.45, 7) is 3.11. The van der Waals surface area contributed by atoms with Gasteiger partial charge in [-0.3, -0.25) is 9.36 Å². The third kappa shape index (κ3) is 3.96. The average Bonchev–Trinajstić information content (AvgIpc) is 2.96. The molecule has 146 valence electrons. The first kappa shape index (κ1) is 19.7. The van der Waals surface area contributed by atoms with Gasteiger partial charge in [-0.1, -0.05) is 30.3 Å². The average molecular weight is 389 g/mol. The molecule has 1 amide bonds. The van der Waals surface area contributed by atoms with E-state index in [0.29, 0.717) is 11.4 Å². The molecular weight excluding hydrogens is 370 g/mol. The normalized spacial score (nSPS) is 10.2. The van der Waals surface area contributed by atoms with Gasteiger partial charge in [0.05, 0.1) is 5.56 Å². The van der Waals surface area contributed by atoms with E-state index in [2.05, 4.69) is 11.4 Å². The van der Waals surface area contributed by atoms with E-state index < -0.39 is 18.5 Å². The van der Waals surface area contributed by atoms with Gasteiger partial charge < -0.3 is 15.2 Å². The molecule has 29 heavy (non-hydrogen) atoms. The lowest BCUT2D eigenvalue weighted by molar-refractivity contribution is -0.119. The van der Waals surface area contributed by atoms with Crippen molar-refractivity contribution in [2.75, 3.05) is 11.9 Å². The van der Waals surface area contributed by atoms with Crippen LogP contribution in [0.2, 0.25) is 0 Å². The highest BCUT2D eigenvalue weighted by atomic mass is 16.5. The molecule has 0 spiro atoms. The van der Waals surface area contributed by atoms with E-state index in [1.807, 2.05) is 37.3 Å². The number of nitrogens with one attached hydrogen (secondary N) is 1. The molecule has 2 aromatic carbocycles. The fraction of sp³-hybridized carbons (Fsp3) is 0.136. The number of phenols is 1. The molecule has 1 heterocycles. The van der Waals surface area contributed by atoms with Gasteiger partial charge in [-0.2, -0.15) is 5.26 Å². The Bertz CT molecular complexity index is 1110. The highest BCUT2D eigenvalue weighted by Gasteiger charge is 2.21. The summed E-state index contributed by atoms with van der Waals surface area (Å²) >= 11 is 0. The molecular formula is C22H19N3O4. The smallest absolute Gasteiger partial charge is 0.342 e. The maximum Gasteiger partial charge on any atom is 0.342 e. The molecule has 0 aliphatic rings. The number of nitriles is 1. The predicted octanol–water partition coefficient (Wildman–Crippen LogP) is 3.47. The molecule has 0 bridgehead atoms. The summed E-state index contributed by atoms with van der Waals surface area (Å²) < 4.78 is 6.77. The number of carbonyl (C=O) groups excluding carboxylic acids is 2. The van der Waals surface area contributed by atoms with Gasteiger partial charge in [-0.15, -0.1) is 0 Å². The Kier molecular flexibility index (Phi) is 5.65. The van der Waals surface area contributed by atoms with Crippen molar-refractivity contribution < 1.29 is 19.4 Å². The number of phenolic OH excluding ortho intramolecular Hbond substituents is 1. The second-order valence-electron chi connectivity index (χ2n) is 6.36. The van der Waals surface area contributed by atoms with Gasteiger partial charge in [0.2, 0.25) is 0 Å². The molecule has 0 unspecified atom stereocenters. The van der Waals surface area contributed by atoms with Gasteiger partial charge in [-0.05, 0) is 43.7 Å². The fourth-order valence-electron chi connectivity index (χ4n) is 2.98. The Morgan fingerprint density at radius 2 is 1.76 bits per heavy atom. The maximum absolute atomic E-state index is 12.4. The number of esters is 1. The minimum absolute atomic E-state index is 0.0302. The molecule has 0 fully saturated rings. The van der Waals surface area contributed by atoms with Gasteiger partial charge in [-0.25, -0.2) is 4.79 Å². The number of nitrogens with zero attached hydrogens (tertiary/aromatic N) is 2. The first-order chi connectivity index (χ1) is 13.9. The number of para-hydroxylation sites is 2. The second-order valence-corrected chi connectivity index (χ2v) is 6.36. The summed E-state index contributed by atoms with van der Waals surface area (Å²) in [5.41, 5.74) is 2.66. The van der Waals surface area contributed by atoms with Crippen LogP contribution in [0.15, 0.2) is 54.6 Å². The van der Waals surface area contributed by atoms with E-state index in [4.69, 9.17) is 4.74 Å². The fourth-order valence-corrected chi connectivity index (χ4v) is 2.98. The van der Waals surface area contributed by atoms with E-state index in [1.165, 1.54) is 12.1 Å². The first-order valence-electron chi connectivity index (χ1n) is 8.86. The molecule has 0 aliphatic carbocycles. The Hall–Kier alpha value is -4.05. The van der Waals surface area contributed by atoms with Crippen LogP contribution in [-0.2, 0) is 9.53 Å². The number of aromatic hydroxyl groups is 1. The number of aromatic nitrogens is 1. The van der Waals surface area contributed by atoms with E-state index in [-0.39, 0.29) is 11.3 Å². The van der Waals surface area contributed by atoms with Crippen molar-refractivity contribution in [1.29, 1.82) is 5.26 Å². The van der Waals surface area contributed by atoms with Crippen molar-refractivity contribution >= 4 is 17.7 Å². The summed E-state index contributed by atoms with van der Waals surface area (Å²) in [5.74, 6) is -1.32. The van der Waals surface area contributed by atoms with Crippen LogP contribution in [0.5, 0.6) is 5.75 Å². The highest BCUT2D eigenvalue weighted by molar-refractivity contribution is 5.97. The molecule has 0 radical (unpaired) electrons. The van der Waals surface area contributed by atoms with E-state index in [9.17, 15) is 20.0 Å². The molecule has 7 heteroatoms. The minimum atomic E-state index is -0.815. The van der Waals surface area contributed by atoms with Crippen LogP contribution in [0, 0.1) is 25.2 Å². The van der Waals surface area contributed by atoms with Gasteiger partial charge in [0.1, 0.15) is 23.2 Å². The van der Waals surface area contributed by atoms with Crippen LogP contribution in [-0.4, -0.2) is 28.2 Å². The van der Waals surface area contributed by atoms with Crippen LogP contribution in [0.4, 0.5) is 5.82 Å². The highest BCUT2D eigenvalue weighted by Crippen LogP contribution is 2.29. The van der Waals surface area contributed by atoms with Crippen molar-refractivity contribution in [3.05, 3.63) is 77.0 Å². The van der Waals surface area contributed by atoms with E-state index >= 15 is 0 Å². The van der Waals surface area contributed by atoms with Crippen molar-refractivity contribution in [1.82, 2.24) is 4.57 Å². The molecule has 0 saturated heterocycles.